The van der Waals surface area contributed by atoms with Crippen LogP contribution in [0.2, 0.25) is 0 Å². The van der Waals surface area contributed by atoms with Gasteiger partial charge in [-0.05, 0) is 85.0 Å². The smallest absolute Gasteiger partial charge is 0.337 e. The molecule has 5 rings (SSSR count). The molecule has 4 aromatic rings. The number of nitrogens with zero attached hydrogens (tertiary/aromatic N) is 3. The van der Waals surface area contributed by atoms with Crippen molar-refractivity contribution in [1.82, 2.24) is 14.9 Å². The maximum absolute atomic E-state index is 13.7. The summed E-state index contributed by atoms with van der Waals surface area (Å²) in [5.41, 5.74) is 3.93. The molecular formula is C26H21FN4O2S. The molecule has 0 amide bonds. The highest BCUT2D eigenvalue weighted by Gasteiger charge is 2.42. The fraction of sp³-hybridized carbons (Fsp3) is 0.115. The Morgan fingerprint density at radius 1 is 1.00 bits per heavy atom. The van der Waals surface area contributed by atoms with Crippen LogP contribution in [-0.2, 0) is 4.74 Å². The van der Waals surface area contributed by atoms with E-state index in [1.165, 1.54) is 19.2 Å². The van der Waals surface area contributed by atoms with Crippen LogP contribution in [0, 0.1) is 5.82 Å². The molecule has 2 aromatic carbocycles. The molecule has 6 nitrogen and oxygen atoms in total. The third-order valence-electron chi connectivity index (χ3n) is 5.85. The average molecular weight is 473 g/mol. The molecule has 170 valence electrons. The molecule has 8 heteroatoms. The summed E-state index contributed by atoms with van der Waals surface area (Å²) >= 11 is 5.74. The number of rotatable bonds is 5. The van der Waals surface area contributed by atoms with Gasteiger partial charge in [0.05, 0.1) is 24.4 Å². The summed E-state index contributed by atoms with van der Waals surface area (Å²) in [6, 6.07) is 22.8. The summed E-state index contributed by atoms with van der Waals surface area (Å²) in [6.45, 7) is 0. The van der Waals surface area contributed by atoms with Crippen LogP contribution in [0.25, 0.3) is 5.69 Å². The van der Waals surface area contributed by atoms with Gasteiger partial charge in [0.25, 0.3) is 0 Å². The Morgan fingerprint density at radius 3 is 2.41 bits per heavy atom. The Hall–Kier alpha value is -4.04. The summed E-state index contributed by atoms with van der Waals surface area (Å²) in [5.74, 6) is -0.698. The van der Waals surface area contributed by atoms with Crippen LogP contribution < -0.4 is 10.2 Å². The summed E-state index contributed by atoms with van der Waals surface area (Å²) in [6.07, 6.45) is 3.71. The van der Waals surface area contributed by atoms with Crippen LogP contribution in [0.1, 0.15) is 33.8 Å². The largest absolute Gasteiger partial charge is 0.465 e. The fourth-order valence-corrected chi connectivity index (χ4v) is 4.63. The molecular weight excluding hydrogens is 451 g/mol. The molecule has 2 atom stereocenters. The molecule has 1 N–H and O–H groups in total. The quantitative estimate of drug-likeness (QED) is 0.327. The maximum atomic E-state index is 13.7. The predicted octanol–water partition coefficient (Wildman–Crippen LogP) is 4.98. The molecule has 3 heterocycles. The number of methoxy groups -OCH3 is 1. The van der Waals surface area contributed by atoms with Crippen molar-refractivity contribution in [2.45, 2.75) is 12.1 Å². The number of anilines is 1. The number of carbonyl (C=O) groups excluding carboxylic acids is 1. The Balaban J connectivity index is 1.61. The highest BCUT2D eigenvalue weighted by atomic mass is 32.1. The van der Waals surface area contributed by atoms with Crippen LogP contribution in [0.5, 0.6) is 0 Å². The molecule has 34 heavy (non-hydrogen) atoms. The van der Waals surface area contributed by atoms with E-state index in [1.807, 2.05) is 58.1 Å². The van der Waals surface area contributed by atoms with Crippen molar-refractivity contribution in [2.24, 2.45) is 0 Å². The van der Waals surface area contributed by atoms with Gasteiger partial charge in [0.1, 0.15) is 11.9 Å². The number of benzene rings is 2. The van der Waals surface area contributed by atoms with Gasteiger partial charge >= 0.3 is 5.97 Å². The zero-order chi connectivity index (χ0) is 23.7. The van der Waals surface area contributed by atoms with Gasteiger partial charge < -0.3 is 19.5 Å². The number of nitrogens with one attached hydrogen (secondary N) is 1. The van der Waals surface area contributed by atoms with Gasteiger partial charge in [-0.15, -0.1) is 0 Å². The monoisotopic (exact) mass is 472 g/mol. The molecule has 1 aliphatic rings. The number of esters is 1. The van der Waals surface area contributed by atoms with Crippen molar-refractivity contribution in [3.05, 3.63) is 114 Å². The standard InChI is InChI=1S/C26H21FN4O2S/c1-33-25(32)17-7-11-19(12-8-17)30-16-4-6-22(30)24-23(21-5-2-3-15-28-21)29-26(34)31(24)20-13-9-18(27)10-14-20/h2-16,23-24H,1H3,(H,29,34)/t23-,24+/m1/s1. The van der Waals surface area contributed by atoms with Crippen molar-refractivity contribution in [3.8, 4) is 5.69 Å². The van der Waals surface area contributed by atoms with Crippen molar-refractivity contribution in [3.63, 3.8) is 0 Å². The third-order valence-corrected chi connectivity index (χ3v) is 6.17. The minimum absolute atomic E-state index is 0.234. The zero-order valence-electron chi connectivity index (χ0n) is 18.3. The number of aromatic nitrogens is 2. The Kier molecular flexibility index (Phi) is 5.81. The number of hydrogen-bond donors (Lipinski definition) is 1. The van der Waals surface area contributed by atoms with E-state index < -0.39 is 0 Å². The lowest BCUT2D eigenvalue weighted by atomic mass is 10.0. The summed E-state index contributed by atoms with van der Waals surface area (Å²) in [7, 11) is 1.36. The SMILES string of the molecule is COC(=O)c1ccc(-n2cccc2[C@H]2[C@@H](c3ccccn3)NC(=S)N2c2ccc(F)cc2)cc1. The predicted molar refractivity (Wildman–Crippen MR) is 131 cm³/mol. The van der Waals surface area contributed by atoms with E-state index in [9.17, 15) is 9.18 Å². The minimum atomic E-state index is -0.387. The van der Waals surface area contributed by atoms with Gasteiger partial charge in [0, 0.05) is 29.5 Å². The first kappa shape index (κ1) is 21.8. The van der Waals surface area contributed by atoms with Crippen LogP contribution >= 0.6 is 12.2 Å². The minimum Gasteiger partial charge on any atom is -0.465 e. The summed E-state index contributed by atoms with van der Waals surface area (Å²) < 4.78 is 20.5. The van der Waals surface area contributed by atoms with E-state index in [0.717, 1.165) is 22.8 Å². The van der Waals surface area contributed by atoms with Crippen LogP contribution in [0.4, 0.5) is 10.1 Å². The van der Waals surface area contributed by atoms with Crippen LogP contribution in [-0.4, -0.2) is 27.7 Å². The lowest BCUT2D eigenvalue weighted by molar-refractivity contribution is 0.0600. The lowest BCUT2D eigenvalue weighted by Gasteiger charge is -2.29. The average Bonchev–Trinajstić information content (AvgIpc) is 3.49. The lowest BCUT2D eigenvalue weighted by Crippen LogP contribution is -2.30. The van der Waals surface area contributed by atoms with Crippen molar-refractivity contribution in [2.75, 3.05) is 12.0 Å². The highest BCUT2D eigenvalue weighted by Crippen LogP contribution is 2.42. The van der Waals surface area contributed by atoms with Gasteiger partial charge in [-0.2, -0.15) is 0 Å². The molecule has 2 aromatic heterocycles. The number of pyridine rings is 1. The molecule has 0 bridgehead atoms. The van der Waals surface area contributed by atoms with E-state index in [2.05, 4.69) is 10.3 Å². The van der Waals surface area contributed by atoms with Crippen molar-refractivity contribution >= 4 is 29.0 Å². The second kappa shape index (κ2) is 9.07. The van der Waals surface area contributed by atoms with Crippen LogP contribution in [0.15, 0.2) is 91.3 Å². The highest BCUT2D eigenvalue weighted by molar-refractivity contribution is 7.80. The molecule has 0 radical (unpaired) electrons. The van der Waals surface area contributed by atoms with Gasteiger partial charge in [-0.3, -0.25) is 4.98 Å². The molecule has 0 spiro atoms. The van der Waals surface area contributed by atoms with Gasteiger partial charge in [-0.25, -0.2) is 9.18 Å². The summed E-state index contributed by atoms with van der Waals surface area (Å²) in [4.78, 5) is 18.4. The van der Waals surface area contributed by atoms with E-state index >= 15 is 0 Å². The Morgan fingerprint density at radius 2 is 1.74 bits per heavy atom. The van der Waals surface area contributed by atoms with Crippen LogP contribution in [0.3, 0.4) is 0 Å². The van der Waals surface area contributed by atoms with E-state index in [-0.39, 0.29) is 23.9 Å². The van der Waals surface area contributed by atoms with E-state index in [1.54, 1.807) is 30.5 Å². The van der Waals surface area contributed by atoms with E-state index in [0.29, 0.717) is 10.7 Å². The molecule has 0 aliphatic carbocycles. The Bertz CT molecular complexity index is 1320. The van der Waals surface area contributed by atoms with Gasteiger partial charge in [0.15, 0.2) is 5.11 Å². The first-order valence-corrected chi connectivity index (χ1v) is 11.1. The normalized spacial score (nSPS) is 17.5. The number of thiocarbonyl (C=S) groups is 1. The first-order valence-electron chi connectivity index (χ1n) is 10.7. The number of carbonyl (C=O) groups is 1. The third kappa shape index (κ3) is 3.92. The van der Waals surface area contributed by atoms with Gasteiger partial charge in [-0.1, -0.05) is 6.07 Å². The topological polar surface area (TPSA) is 59.4 Å². The second-order valence-corrected chi connectivity index (χ2v) is 8.20. The first-order chi connectivity index (χ1) is 16.6. The fourth-order valence-electron chi connectivity index (χ4n) is 4.28. The summed E-state index contributed by atoms with van der Waals surface area (Å²) in [5, 5.41) is 3.94. The number of ether oxygens (including phenoxy) is 1. The molecule has 1 saturated heterocycles. The Labute approximate surface area is 201 Å². The second-order valence-electron chi connectivity index (χ2n) is 7.81. The molecule has 0 saturated carbocycles. The molecule has 1 fully saturated rings. The van der Waals surface area contributed by atoms with Crippen molar-refractivity contribution < 1.29 is 13.9 Å². The number of halogens is 1. The van der Waals surface area contributed by atoms with E-state index in [4.69, 9.17) is 17.0 Å². The number of hydrogen-bond acceptors (Lipinski definition) is 4. The van der Waals surface area contributed by atoms with Gasteiger partial charge in [0.2, 0.25) is 0 Å². The zero-order valence-corrected chi connectivity index (χ0v) is 19.1. The molecule has 0 unspecified atom stereocenters. The van der Waals surface area contributed by atoms with Crippen molar-refractivity contribution in [1.29, 1.82) is 0 Å². The maximum Gasteiger partial charge on any atom is 0.337 e. The molecule has 1 aliphatic heterocycles.